The lowest BCUT2D eigenvalue weighted by Gasteiger charge is -2.33. The fraction of sp³-hybridized carbons (Fsp3) is 0.556. The number of amides is 1. The van der Waals surface area contributed by atoms with Crippen LogP contribution in [-0.4, -0.2) is 42.1 Å². The Morgan fingerprint density at radius 2 is 2.00 bits per heavy atom. The molecule has 0 aromatic heterocycles. The zero-order valence-electron chi connectivity index (χ0n) is 14.6. The Morgan fingerprint density at radius 3 is 2.64 bits per heavy atom. The van der Waals surface area contributed by atoms with E-state index in [1.54, 1.807) is 24.3 Å². The van der Waals surface area contributed by atoms with Gasteiger partial charge in [0.05, 0.1) is 6.10 Å². The number of esters is 1. The maximum atomic E-state index is 11.5. The van der Waals surface area contributed by atoms with Gasteiger partial charge in [0, 0.05) is 25.5 Å². The summed E-state index contributed by atoms with van der Waals surface area (Å²) in [4.78, 5) is 22.5. The van der Waals surface area contributed by atoms with Crippen molar-refractivity contribution in [3.63, 3.8) is 0 Å². The van der Waals surface area contributed by atoms with Crippen LogP contribution in [0.3, 0.4) is 0 Å². The Bertz CT molecular complexity index is 573. The molecule has 138 valence electrons. The molecule has 0 saturated carbocycles. The van der Waals surface area contributed by atoms with Crippen LogP contribution >= 0.6 is 0 Å². The molecule has 1 aliphatic heterocycles. The standard InChI is InChI=1S/C18H25NO6/c1-3-4-17(22)23-11-16-15(21)9-10-18(25-16)24-14-7-5-13(6-8-14)19-12(2)20/h5-8,15-16,18,21H,3-4,9-11H2,1-2H3,(H,19,20). The Balaban J connectivity index is 1.85. The molecular weight excluding hydrogens is 326 g/mol. The van der Waals surface area contributed by atoms with Crippen molar-refractivity contribution in [1.82, 2.24) is 0 Å². The highest BCUT2D eigenvalue weighted by molar-refractivity contribution is 5.88. The first-order chi connectivity index (χ1) is 12.0. The molecule has 1 saturated heterocycles. The quantitative estimate of drug-likeness (QED) is 0.732. The van der Waals surface area contributed by atoms with Crippen molar-refractivity contribution in [1.29, 1.82) is 0 Å². The zero-order valence-corrected chi connectivity index (χ0v) is 14.6. The van der Waals surface area contributed by atoms with Crippen LogP contribution in [0.5, 0.6) is 5.75 Å². The SMILES string of the molecule is CCCC(=O)OCC1OC(Oc2ccc(NC(C)=O)cc2)CCC1O. The van der Waals surface area contributed by atoms with Crippen molar-refractivity contribution in [3.8, 4) is 5.75 Å². The molecule has 1 aromatic rings. The fourth-order valence-corrected chi connectivity index (χ4v) is 2.51. The largest absolute Gasteiger partial charge is 0.465 e. The van der Waals surface area contributed by atoms with Gasteiger partial charge in [-0.2, -0.15) is 0 Å². The number of hydrogen-bond acceptors (Lipinski definition) is 6. The van der Waals surface area contributed by atoms with Gasteiger partial charge in [-0.25, -0.2) is 0 Å². The summed E-state index contributed by atoms with van der Waals surface area (Å²) in [6.45, 7) is 3.36. The maximum Gasteiger partial charge on any atom is 0.305 e. The second-order valence-corrected chi connectivity index (χ2v) is 6.01. The van der Waals surface area contributed by atoms with E-state index in [1.807, 2.05) is 6.92 Å². The molecule has 0 radical (unpaired) electrons. The van der Waals surface area contributed by atoms with E-state index in [4.69, 9.17) is 14.2 Å². The molecule has 1 amide bonds. The van der Waals surface area contributed by atoms with Gasteiger partial charge in [-0.1, -0.05) is 6.92 Å². The van der Waals surface area contributed by atoms with Crippen molar-refractivity contribution < 1.29 is 28.9 Å². The molecule has 0 spiro atoms. The molecule has 3 unspecified atom stereocenters. The smallest absolute Gasteiger partial charge is 0.305 e. The van der Waals surface area contributed by atoms with E-state index in [-0.39, 0.29) is 18.5 Å². The molecule has 7 nitrogen and oxygen atoms in total. The van der Waals surface area contributed by atoms with Crippen LogP contribution in [0.2, 0.25) is 0 Å². The molecule has 25 heavy (non-hydrogen) atoms. The molecule has 0 bridgehead atoms. The van der Waals surface area contributed by atoms with E-state index in [0.717, 1.165) is 0 Å². The first-order valence-corrected chi connectivity index (χ1v) is 8.51. The van der Waals surface area contributed by atoms with Crippen molar-refractivity contribution in [2.24, 2.45) is 0 Å². The van der Waals surface area contributed by atoms with Crippen LogP contribution in [0.4, 0.5) is 5.69 Å². The van der Waals surface area contributed by atoms with Crippen LogP contribution in [0.15, 0.2) is 24.3 Å². The predicted molar refractivity (Wildman–Crippen MR) is 91.1 cm³/mol. The average Bonchev–Trinajstić information content (AvgIpc) is 2.57. The number of carbonyl (C=O) groups is 2. The highest BCUT2D eigenvalue weighted by Gasteiger charge is 2.32. The monoisotopic (exact) mass is 351 g/mol. The first-order valence-electron chi connectivity index (χ1n) is 8.51. The number of rotatable bonds is 7. The molecular formula is C18H25NO6. The van der Waals surface area contributed by atoms with Crippen LogP contribution in [0, 0.1) is 0 Å². The molecule has 1 aliphatic rings. The maximum absolute atomic E-state index is 11.5. The molecule has 2 N–H and O–H groups in total. The van der Waals surface area contributed by atoms with E-state index in [2.05, 4.69) is 5.32 Å². The summed E-state index contributed by atoms with van der Waals surface area (Å²) in [6, 6.07) is 6.93. The number of hydrogen-bond donors (Lipinski definition) is 2. The zero-order chi connectivity index (χ0) is 18.2. The summed E-state index contributed by atoms with van der Waals surface area (Å²) in [7, 11) is 0. The number of carbonyl (C=O) groups excluding carboxylic acids is 2. The van der Waals surface area contributed by atoms with Crippen LogP contribution < -0.4 is 10.1 Å². The lowest BCUT2D eigenvalue weighted by Crippen LogP contribution is -2.44. The van der Waals surface area contributed by atoms with E-state index in [1.165, 1.54) is 6.92 Å². The summed E-state index contributed by atoms with van der Waals surface area (Å²) in [5.41, 5.74) is 0.681. The van der Waals surface area contributed by atoms with Crippen LogP contribution in [0.25, 0.3) is 0 Å². The Labute approximate surface area is 147 Å². The third-order valence-corrected chi connectivity index (χ3v) is 3.76. The Kier molecular flexibility index (Phi) is 7.21. The number of anilines is 1. The van der Waals surface area contributed by atoms with E-state index < -0.39 is 18.5 Å². The molecule has 1 aromatic carbocycles. The molecule has 1 heterocycles. The number of aliphatic hydroxyl groups excluding tert-OH is 1. The van der Waals surface area contributed by atoms with Gasteiger partial charge in [0.2, 0.25) is 5.91 Å². The van der Waals surface area contributed by atoms with Crippen LogP contribution in [0.1, 0.15) is 39.5 Å². The van der Waals surface area contributed by atoms with Gasteiger partial charge in [0.25, 0.3) is 0 Å². The minimum absolute atomic E-state index is 0.0152. The van der Waals surface area contributed by atoms with Gasteiger partial charge in [0.15, 0.2) is 6.29 Å². The lowest BCUT2D eigenvalue weighted by atomic mass is 10.1. The third-order valence-electron chi connectivity index (χ3n) is 3.76. The Morgan fingerprint density at radius 1 is 1.28 bits per heavy atom. The van der Waals surface area contributed by atoms with Crippen LogP contribution in [-0.2, 0) is 19.1 Å². The summed E-state index contributed by atoms with van der Waals surface area (Å²) in [5.74, 6) is 0.158. The summed E-state index contributed by atoms with van der Waals surface area (Å²) >= 11 is 0. The van der Waals surface area contributed by atoms with Gasteiger partial charge in [-0.05, 0) is 37.1 Å². The van der Waals surface area contributed by atoms with Gasteiger partial charge in [-0.15, -0.1) is 0 Å². The van der Waals surface area contributed by atoms with Gasteiger partial charge in [0.1, 0.15) is 18.5 Å². The number of benzene rings is 1. The number of nitrogens with one attached hydrogen (secondary N) is 1. The molecule has 2 rings (SSSR count). The van der Waals surface area contributed by atoms with E-state index >= 15 is 0 Å². The highest BCUT2D eigenvalue weighted by Crippen LogP contribution is 2.24. The normalized spacial score (nSPS) is 22.9. The first kappa shape index (κ1) is 19.2. The summed E-state index contributed by atoms with van der Waals surface area (Å²) in [5, 5.41) is 12.7. The third kappa shape index (κ3) is 6.36. The van der Waals surface area contributed by atoms with E-state index in [9.17, 15) is 14.7 Å². The van der Waals surface area contributed by atoms with Crippen molar-refractivity contribution in [3.05, 3.63) is 24.3 Å². The predicted octanol–water partition coefficient (Wildman–Crippen LogP) is 2.23. The second-order valence-electron chi connectivity index (χ2n) is 6.01. The minimum atomic E-state index is -0.684. The fourth-order valence-electron chi connectivity index (χ4n) is 2.51. The molecule has 7 heteroatoms. The number of aliphatic hydroxyl groups is 1. The molecule has 3 atom stereocenters. The number of ether oxygens (including phenoxy) is 3. The van der Waals surface area contributed by atoms with Crippen molar-refractivity contribution in [2.75, 3.05) is 11.9 Å². The Hall–Kier alpha value is -2.12. The molecule has 0 aliphatic carbocycles. The summed E-state index contributed by atoms with van der Waals surface area (Å²) in [6.07, 6.45) is 0.300. The average molecular weight is 351 g/mol. The summed E-state index contributed by atoms with van der Waals surface area (Å²) < 4.78 is 16.6. The van der Waals surface area contributed by atoms with Gasteiger partial charge < -0.3 is 24.6 Å². The van der Waals surface area contributed by atoms with E-state index in [0.29, 0.717) is 37.1 Å². The highest BCUT2D eigenvalue weighted by atomic mass is 16.7. The minimum Gasteiger partial charge on any atom is -0.465 e. The van der Waals surface area contributed by atoms with Crippen molar-refractivity contribution >= 4 is 17.6 Å². The van der Waals surface area contributed by atoms with Crippen molar-refractivity contribution in [2.45, 2.75) is 58.0 Å². The topological polar surface area (TPSA) is 94.1 Å². The second kappa shape index (κ2) is 9.39. The lowest BCUT2D eigenvalue weighted by molar-refractivity contribution is -0.203. The molecule has 1 fully saturated rings. The van der Waals surface area contributed by atoms with Gasteiger partial charge >= 0.3 is 5.97 Å². The van der Waals surface area contributed by atoms with Gasteiger partial charge in [-0.3, -0.25) is 9.59 Å².